The summed E-state index contributed by atoms with van der Waals surface area (Å²) in [6, 6.07) is 17.4. The number of hydroxylamine groups is 1. The monoisotopic (exact) mass is 481 g/mol. The number of aromatic nitrogens is 1. The molecule has 7 nitrogen and oxygen atoms in total. The highest BCUT2D eigenvalue weighted by atomic mass is 32.2. The van der Waals surface area contributed by atoms with Gasteiger partial charge >= 0.3 is 0 Å². The second kappa shape index (κ2) is 10.6. The molecule has 0 spiro atoms. The van der Waals surface area contributed by atoms with Crippen molar-refractivity contribution >= 4 is 27.6 Å². The van der Waals surface area contributed by atoms with E-state index < -0.39 is 22.1 Å². The van der Waals surface area contributed by atoms with E-state index in [2.05, 4.69) is 9.88 Å². The molecule has 2 heterocycles. The van der Waals surface area contributed by atoms with E-state index in [1.54, 1.807) is 5.48 Å². The van der Waals surface area contributed by atoms with E-state index in [0.717, 1.165) is 41.5 Å². The molecule has 0 aliphatic carbocycles. The summed E-state index contributed by atoms with van der Waals surface area (Å²) in [5, 5.41) is 10.1. The number of ether oxygens (including phenoxy) is 1. The highest BCUT2D eigenvalue weighted by molar-refractivity contribution is 7.85. The fraction of sp³-hybridized carbons (Fsp3) is 0.385. The van der Waals surface area contributed by atoms with Crippen LogP contribution >= 0.6 is 0 Å². The Morgan fingerprint density at radius 1 is 1.24 bits per heavy atom. The minimum atomic E-state index is -1.28. The Labute approximate surface area is 202 Å². The number of aryl methyl sites for hydroxylation is 1. The van der Waals surface area contributed by atoms with Crippen molar-refractivity contribution in [2.45, 2.75) is 37.7 Å². The van der Waals surface area contributed by atoms with Crippen LogP contribution < -0.4 is 10.2 Å². The van der Waals surface area contributed by atoms with Crippen molar-refractivity contribution in [3.8, 4) is 5.75 Å². The molecule has 0 radical (unpaired) electrons. The summed E-state index contributed by atoms with van der Waals surface area (Å²) in [6.07, 6.45) is 1.89. The van der Waals surface area contributed by atoms with Gasteiger partial charge in [0.1, 0.15) is 12.4 Å². The van der Waals surface area contributed by atoms with E-state index in [-0.39, 0.29) is 6.42 Å². The summed E-state index contributed by atoms with van der Waals surface area (Å²) in [4.78, 5) is 19.4. The molecule has 0 bridgehead atoms. The SMILES string of the molecule is Cc1cc(COc2ccc(S(=O)CC3(CC(=O)NO)CCCN(C)C3)cc2)c2ccccc2n1. The number of amides is 1. The zero-order chi connectivity index (χ0) is 24.1. The Hall–Kier alpha value is -2.81. The van der Waals surface area contributed by atoms with Crippen LogP contribution in [0.25, 0.3) is 10.9 Å². The first-order chi connectivity index (χ1) is 16.4. The third-order valence-corrected chi connectivity index (χ3v) is 8.03. The smallest absolute Gasteiger partial charge is 0.243 e. The van der Waals surface area contributed by atoms with Crippen LogP contribution in [0.3, 0.4) is 0 Å². The number of carbonyl (C=O) groups excluding carboxylic acids is 1. The molecule has 1 fully saturated rings. The van der Waals surface area contributed by atoms with Gasteiger partial charge in [-0.05, 0) is 69.8 Å². The molecule has 2 N–H and O–H groups in total. The topological polar surface area (TPSA) is 91.8 Å². The quantitative estimate of drug-likeness (QED) is 0.375. The average Bonchev–Trinajstić information content (AvgIpc) is 2.82. The third kappa shape index (κ3) is 5.81. The number of fused-ring (bicyclic) bond motifs is 1. The van der Waals surface area contributed by atoms with E-state index in [0.29, 0.717) is 29.5 Å². The minimum Gasteiger partial charge on any atom is -0.489 e. The lowest BCUT2D eigenvalue weighted by Gasteiger charge is -2.40. The molecule has 2 atom stereocenters. The van der Waals surface area contributed by atoms with Crippen molar-refractivity contribution in [2.75, 3.05) is 25.9 Å². The molecule has 2 aromatic carbocycles. The number of hydrogen-bond donors (Lipinski definition) is 2. The number of piperidine rings is 1. The molecule has 4 rings (SSSR count). The van der Waals surface area contributed by atoms with Gasteiger partial charge in [0.25, 0.3) is 0 Å². The van der Waals surface area contributed by atoms with Gasteiger partial charge in [0.05, 0.1) is 16.3 Å². The van der Waals surface area contributed by atoms with E-state index in [1.165, 1.54) is 0 Å². The number of nitrogens with zero attached hydrogens (tertiary/aromatic N) is 2. The first-order valence-corrected chi connectivity index (χ1v) is 12.8. The Bertz CT molecular complexity index is 1180. The first kappa shape index (κ1) is 24.3. The summed E-state index contributed by atoms with van der Waals surface area (Å²) in [6.45, 7) is 4.01. The molecule has 1 saturated heterocycles. The van der Waals surface area contributed by atoms with E-state index in [1.807, 2.05) is 68.6 Å². The number of carbonyl (C=O) groups is 1. The summed E-state index contributed by atoms with van der Waals surface area (Å²) >= 11 is 0. The summed E-state index contributed by atoms with van der Waals surface area (Å²) in [7, 11) is 0.732. The van der Waals surface area contributed by atoms with Gasteiger partial charge in [-0.15, -0.1) is 0 Å². The fourth-order valence-corrected chi connectivity index (χ4v) is 6.37. The number of hydrogen-bond acceptors (Lipinski definition) is 6. The van der Waals surface area contributed by atoms with E-state index in [9.17, 15) is 9.00 Å². The van der Waals surface area contributed by atoms with Crippen LogP contribution in [0, 0.1) is 12.3 Å². The Kier molecular flexibility index (Phi) is 7.60. The highest BCUT2D eigenvalue weighted by Crippen LogP contribution is 2.35. The summed E-state index contributed by atoms with van der Waals surface area (Å²) < 4.78 is 19.2. The number of nitrogens with one attached hydrogen (secondary N) is 1. The molecular weight excluding hydrogens is 450 g/mol. The number of rotatable bonds is 8. The second-order valence-electron chi connectivity index (χ2n) is 9.24. The maximum atomic E-state index is 13.2. The normalized spacial score (nSPS) is 19.6. The molecule has 1 aliphatic rings. The lowest BCUT2D eigenvalue weighted by atomic mass is 9.78. The molecule has 0 saturated carbocycles. The fourth-order valence-electron chi connectivity index (χ4n) is 4.87. The van der Waals surface area contributed by atoms with E-state index >= 15 is 0 Å². The van der Waals surface area contributed by atoms with Crippen LogP contribution in [0.5, 0.6) is 5.75 Å². The van der Waals surface area contributed by atoms with E-state index in [4.69, 9.17) is 9.94 Å². The first-order valence-electron chi connectivity index (χ1n) is 11.5. The Balaban J connectivity index is 1.44. The molecular formula is C26H31N3O4S. The largest absolute Gasteiger partial charge is 0.489 e. The van der Waals surface area contributed by atoms with Crippen LogP contribution in [0.15, 0.2) is 59.5 Å². The van der Waals surface area contributed by atoms with Gasteiger partial charge in [-0.3, -0.25) is 19.2 Å². The number of para-hydroxylation sites is 1. The molecule has 3 aromatic rings. The standard InChI is InChI=1S/C26H31N3O4S/c1-19-14-20(23-6-3-4-7-24(23)27-19)16-33-21-8-10-22(11-9-21)34(32)18-26(15-25(30)28-31)12-5-13-29(2)17-26/h3-4,6-11,14,31H,5,12-13,15-18H2,1-2H3,(H,28,30). The summed E-state index contributed by atoms with van der Waals surface area (Å²) in [5.41, 5.74) is 4.27. The van der Waals surface area contributed by atoms with Crippen LogP contribution in [0.1, 0.15) is 30.5 Å². The Morgan fingerprint density at radius 3 is 2.74 bits per heavy atom. The van der Waals surface area contributed by atoms with Crippen molar-refractivity contribution in [1.82, 2.24) is 15.4 Å². The van der Waals surface area contributed by atoms with Gasteiger partial charge in [-0.1, -0.05) is 18.2 Å². The zero-order valence-corrected chi connectivity index (χ0v) is 20.4. The highest BCUT2D eigenvalue weighted by Gasteiger charge is 2.38. The van der Waals surface area contributed by atoms with Crippen molar-refractivity contribution < 1.29 is 18.9 Å². The molecule has 34 heavy (non-hydrogen) atoms. The van der Waals surface area contributed by atoms with Gasteiger partial charge in [-0.2, -0.15) is 0 Å². The molecule has 2 unspecified atom stereocenters. The maximum Gasteiger partial charge on any atom is 0.243 e. The Morgan fingerprint density at radius 2 is 2.00 bits per heavy atom. The van der Waals surface area contributed by atoms with Gasteiger partial charge in [0.2, 0.25) is 5.91 Å². The summed E-state index contributed by atoms with van der Waals surface area (Å²) in [5.74, 6) is 0.633. The zero-order valence-electron chi connectivity index (χ0n) is 19.6. The molecule has 180 valence electrons. The van der Waals surface area contributed by atoms with Gasteiger partial charge in [0, 0.05) is 45.7 Å². The van der Waals surface area contributed by atoms with Crippen molar-refractivity contribution in [2.24, 2.45) is 5.41 Å². The second-order valence-corrected chi connectivity index (χ2v) is 10.7. The molecule has 8 heteroatoms. The van der Waals surface area contributed by atoms with Crippen LogP contribution in [0.2, 0.25) is 0 Å². The lowest BCUT2D eigenvalue weighted by Crippen LogP contribution is -2.46. The maximum absolute atomic E-state index is 13.2. The molecule has 1 aliphatic heterocycles. The molecule has 1 amide bonds. The predicted octanol–water partition coefficient (Wildman–Crippen LogP) is 3.84. The van der Waals surface area contributed by atoms with Crippen molar-refractivity contribution in [1.29, 1.82) is 0 Å². The average molecular weight is 482 g/mol. The number of benzene rings is 2. The van der Waals surface area contributed by atoms with Crippen LogP contribution in [0.4, 0.5) is 0 Å². The molecule has 1 aromatic heterocycles. The third-order valence-electron chi connectivity index (χ3n) is 6.36. The number of likely N-dealkylation sites (tertiary alicyclic amines) is 1. The van der Waals surface area contributed by atoms with Crippen molar-refractivity contribution in [3.63, 3.8) is 0 Å². The van der Waals surface area contributed by atoms with Crippen LogP contribution in [-0.4, -0.2) is 51.1 Å². The van der Waals surface area contributed by atoms with Gasteiger partial charge < -0.3 is 9.64 Å². The van der Waals surface area contributed by atoms with Gasteiger partial charge in [0.15, 0.2) is 0 Å². The van der Waals surface area contributed by atoms with Crippen LogP contribution in [-0.2, 0) is 22.2 Å². The van der Waals surface area contributed by atoms with Crippen molar-refractivity contribution in [3.05, 3.63) is 65.9 Å². The number of pyridine rings is 1. The lowest BCUT2D eigenvalue weighted by molar-refractivity contribution is -0.132. The predicted molar refractivity (Wildman–Crippen MR) is 132 cm³/mol. The minimum absolute atomic E-state index is 0.153. The van der Waals surface area contributed by atoms with Gasteiger partial charge in [-0.25, -0.2) is 5.48 Å².